The second-order valence-corrected chi connectivity index (χ2v) is 8.18. The molecule has 3 aromatic rings. The lowest BCUT2D eigenvalue weighted by Crippen LogP contribution is -2.41. The summed E-state index contributed by atoms with van der Waals surface area (Å²) in [5.41, 5.74) is 4.61. The van der Waals surface area contributed by atoms with Gasteiger partial charge in [-0.2, -0.15) is 0 Å². The first kappa shape index (κ1) is 21.3. The van der Waals surface area contributed by atoms with Crippen molar-refractivity contribution in [3.05, 3.63) is 94.8 Å². The minimum absolute atomic E-state index is 0.00600. The minimum Gasteiger partial charge on any atom is -0.280 e. The van der Waals surface area contributed by atoms with E-state index in [0.717, 1.165) is 12.1 Å². The molecule has 0 spiro atoms. The van der Waals surface area contributed by atoms with Gasteiger partial charge in [0.25, 0.3) is 21.8 Å². The molecule has 3 N–H and O–H groups in total. The van der Waals surface area contributed by atoms with Crippen LogP contribution in [-0.4, -0.2) is 20.2 Å². The minimum atomic E-state index is -3.96. The first-order valence-electron chi connectivity index (χ1n) is 8.49. The zero-order chi connectivity index (χ0) is 21.7. The molecule has 0 aliphatic heterocycles. The van der Waals surface area contributed by atoms with Crippen molar-refractivity contribution in [1.82, 2.24) is 10.9 Å². The lowest BCUT2D eigenvalue weighted by molar-refractivity contribution is 0.0846. The fourth-order valence-corrected chi connectivity index (χ4v) is 3.65. The van der Waals surface area contributed by atoms with E-state index in [2.05, 4.69) is 15.6 Å². The van der Waals surface area contributed by atoms with Crippen molar-refractivity contribution in [1.29, 1.82) is 0 Å². The van der Waals surface area contributed by atoms with Gasteiger partial charge in [0.1, 0.15) is 5.82 Å². The zero-order valence-electron chi connectivity index (χ0n) is 15.2. The van der Waals surface area contributed by atoms with Gasteiger partial charge in [0, 0.05) is 21.8 Å². The van der Waals surface area contributed by atoms with Crippen LogP contribution in [0.1, 0.15) is 20.7 Å². The molecule has 0 unspecified atom stereocenters. The van der Waals surface area contributed by atoms with Crippen LogP contribution in [0, 0.1) is 5.82 Å². The number of benzene rings is 3. The highest BCUT2D eigenvalue weighted by Crippen LogP contribution is 2.19. The van der Waals surface area contributed by atoms with E-state index < -0.39 is 27.7 Å². The Labute approximate surface area is 176 Å². The van der Waals surface area contributed by atoms with E-state index in [9.17, 15) is 22.4 Å². The van der Waals surface area contributed by atoms with Gasteiger partial charge in [-0.05, 0) is 60.7 Å². The highest BCUT2D eigenvalue weighted by atomic mass is 35.5. The number of anilines is 1. The number of carbonyl (C=O) groups is 2. The van der Waals surface area contributed by atoms with Crippen LogP contribution in [0.2, 0.25) is 5.02 Å². The number of rotatable bonds is 5. The molecule has 2 amide bonds. The number of nitrogens with one attached hydrogen (secondary N) is 3. The van der Waals surface area contributed by atoms with E-state index in [1.54, 1.807) is 0 Å². The van der Waals surface area contributed by atoms with Crippen LogP contribution in [0.15, 0.2) is 77.7 Å². The molecular weight excluding hydrogens is 433 g/mol. The Morgan fingerprint density at radius 3 is 1.97 bits per heavy atom. The maximum atomic E-state index is 13.2. The van der Waals surface area contributed by atoms with Crippen molar-refractivity contribution in [2.45, 2.75) is 4.90 Å². The van der Waals surface area contributed by atoms with Crippen LogP contribution < -0.4 is 15.6 Å². The van der Waals surface area contributed by atoms with E-state index in [1.807, 2.05) is 0 Å². The maximum Gasteiger partial charge on any atom is 0.269 e. The molecule has 0 bridgehead atoms. The second-order valence-electron chi connectivity index (χ2n) is 6.06. The molecule has 0 saturated heterocycles. The van der Waals surface area contributed by atoms with Gasteiger partial charge >= 0.3 is 0 Å². The predicted octanol–water partition coefficient (Wildman–Crippen LogP) is 3.35. The van der Waals surface area contributed by atoms with E-state index in [-0.39, 0.29) is 16.0 Å². The molecule has 154 valence electrons. The number of hydrogen-bond acceptors (Lipinski definition) is 4. The molecule has 10 heteroatoms. The molecule has 0 atom stereocenters. The van der Waals surface area contributed by atoms with Crippen LogP contribution in [0.3, 0.4) is 0 Å². The Bertz CT molecular complexity index is 1200. The van der Waals surface area contributed by atoms with Crippen LogP contribution in [0.25, 0.3) is 0 Å². The number of sulfonamides is 1. The first-order valence-corrected chi connectivity index (χ1v) is 10.4. The van der Waals surface area contributed by atoms with Crippen molar-refractivity contribution in [2.24, 2.45) is 0 Å². The van der Waals surface area contributed by atoms with Gasteiger partial charge in [0.15, 0.2) is 0 Å². The fraction of sp³-hybridized carbons (Fsp3) is 0. The maximum absolute atomic E-state index is 13.2. The van der Waals surface area contributed by atoms with Gasteiger partial charge < -0.3 is 0 Å². The number of hydrogen-bond donors (Lipinski definition) is 3. The second kappa shape index (κ2) is 8.93. The average Bonchev–Trinajstić information content (AvgIpc) is 2.73. The monoisotopic (exact) mass is 447 g/mol. The van der Waals surface area contributed by atoms with Gasteiger partial charge in [-0.1, -0.05) is 23.7 Å². The highest BCUT2D eigenvalue weighted by molar-refractivity contribution is 7.92. The standard InChI is InChI=1S/C20H15ClFN3O4S/c21-15-7-9-17(10-8-15)25-30(28,29)18-6-2-4-14(12-18)20(27)24-23-19(26)13-3-1-5-16(22)11-13/h1-12,25H,(H,23,26)(H,24,27). The van der Waals surface area contributed by atoms with Gasteiger partial charge in [-0.15, -0.1) is 0 Å². The molecule has 0 radical (unpaired) electrons. The van der Waals surface area contributed by atoms with Crippen molar-refractivity contribution >= 4 is 39.1 Å². The summed E-state index contributed by atoms with van der Waals surface area (Å²) in [5.74, 6) is -2.07. The quantitative estimate of drug-likeness (QED) is 0.521. The molecule has 3 aromatic carbocycles. The first-order chi connectivity index (χ1) is 14.2. The van der Waals surface area contributed by atoms with Gasteiger partial charge in [0.05, 0.1) is 4.90 Å². The smallest absolute Gasteiger partial charge is 0.269 e. The molecular formula is C20H15ClFN3O4S. The molecule has 0 aromatic heterocycles. The van der Waals surface area contributed by atoms with Gasteiger partial charge in [0.2, 0.25) is 0 Å². The van der Waals surface area contributed by atoms with E-state index in [4.69, 9.17) is 11.6 Å². The summed E-state index contributed by atoms with van der Waals surface area (Å²) in [6.45, 7) is 0. The topological polar surface area (TPSA) is 104 Å². The molecule has 0 fully saturated rings. The van der Waals surface area contributed by atoms with Crippen LogP contribution in [0.5, 0.6) is 0 Å². The number of halogens is 2. The van der Waals surface area contributed by atoms with Crippen molar-refractivity contribution in [3.8, 4) is 0 Å². The number of hydrazine groups is 1. The Hall–Kier alpha value is -3.43. The van der Waals surface area contributed by atoms with Crippen LogP contribution >= 0.6 is 11.6 Å². The summed E-state index contributed by atoms with van der Waals surface area (Å²) in [6, 6.07) is 16.2. The lowest BCUT2D eigenvalue weighted by Gasteiger charge is -2.10. The molecule has 30 heavy (non-hydrogen) atoms. The average molecular weight is 448 g/mol. The highest BCUT2D eigenvalue weighted by Gasteiger charge is 2.17. The zero-order valence-corrected chi connectivity index (χ0v) is 16.8. The number of amides is 2. The van der Waals surface area contributed by atoms with Crippen LogP contribution in [-0.2, 0) is 10.0 Å². The van der Waals surface area contributed by atoms with Crippen molar-refractivity contribution in [3.63, 3.8) is 0 Å². The van der Waals surface area contributed by atoms with Gasteiger partial charge in [-0.3, -0.25) is 25.2 Å². The number of carbonyl (C=O) groups excluding carboxylic acids is 2. The third kappa shape index (κ3) is 5.34. The summed E-state index contributed by atoms with van der Waals surface area (Å²) in [6.07, 6.45) is 0. The van der Waals surface area contributed by atoms with Crippen molar-refractivity contribution < 1.29 is 22.4 Å². The molecule has 3 rings (SSSR count). The molecule has 0 heterocycles. The molecule has 0 saturated carbocycles. The molecule has 7 nitrogen and oxygen atoms in total. The third-order valence-corrected chi connectivity index (χ3v) is 5.51. The summed E-state index contributed by atoms with van der Waals surface area (Å²) in [4.78, 5) is 24.1. The van der Waals surface area contributed by atoms with E-state index in [0.29, 0.717) is 10.7 Å². The normalized spacial score (nSPS) is 10.9. The van der Waals surface area contributed by atoms with Gasteiger partial charge in [-0.25, -0.2) is 12.8 Å². The fourth-order valence-electron chi connectivity index (χ4n) is 2.42. The summed E-state index contributed by atoms with van der Waals surface area (Å²) < 4.78 is 40.7. The SMILES string of the molecule is O=C(NNC(=O)c1cccc(S(=O)(=O)Nc2ccc(Cl)cc2)c1)c1cccc(F)c1. The molecule has 0 aliphatic rings. The third-order valence-electron chi connectivity index (χ3n) is 3.88. The Morgan fingerprint density at radius 1 is 0.800 bits per heavy atom. The Balaban J connectivity index is 1.70. The largest absolute Gasteiger partial charge is 0.280 e. The van der Waals surface area contributed by atoms with Crippen molar-refractivity contribution in [2.75, 3.05) is 4.72 Å². The lowest BCUT2D eigenvalue weighted by atomic mass is 10.2. The summed E-state index contributed by atoms with van der Waals surface area (Å²) in [7, 11) is -3.96. The van der Waals surface area contributed by atoms with Crippen LogP contribution in [0.4, 0.5) is 10.1 Å². The summed E-state index contributed by atoms with van der Waals surface area (Å²) in [5, 5.41) is 0.455. The predicted molar refractivity (Wildman–Crippen MR) is 110 cm³/mol. The Kier molecular flexibility index (Phi) is 6.34. The van der Waals surface area contributed by atoms with E-state index in [1.165, 1.54) is 60.7 Å². The summed E-state index contributed by atoms with van der Waals surface area (Å²) >= 11 is 5.78. The van der Waals surface area contributed by atoms with E-state index >= 15 is 0 Å². The Morgan fingerprint density at radius 2 is 1.37 bits per heavy atom. The molecule has 0 aliphatic carbocycles.